The summed E-state index contributed by atoms with van der Waals surface area (Å²) < 4.78 is 5.43. The fourth-order valence-electron chi connectivity index (χ4n) is 1.57. The number of aliphatic hydroxyl groups is 1. The van der Waals surface area contributed by atoms with Crippen molar-refractivity contribution in [2.75, 3.05) is 13.2 Å². The molecule has 0 heterocycles. The predicted octanol–water partition coefficient (Wildman–Crippen LogP) is 1.27. The fraction of sp³-hybridized carbons (Fsp3) is 0.533. The number of nitrogens with zero attached hydrogens (tertiary/aromatic N) is 1. The van der Waals surface area contributed by atoms with Gasteiger partial charge in [0.15, 0.2) is 5.96 Å². The molecule has 1 rings (SSSR count). The maximum Gasteiger partial charge on any atom is 0.189 e. The molecule has 0 aromatic heterocycles. The number of nitrogens with two attached hydrogens (primary N) is 1. The van der Waals surface area contributed by atoms with E-state index in [-0.39, 0.29) is 18.7 Å². The minimum atomic E-state index is -0.654. The van der Waals surface area contributed by atoms with Crippen molar-refractivity contribution in [3.05, 3.63) is 35.9 Å². The molecule has 1 aromatic carbocycles. The van der Waals surface area contributed by atoms with Crippen molar-refractivity contribution in [1.29, 1.82) is 0 Å². The standard InChI is InChI=1S/C15H25N3O2/c1-15(2,3)18-14(16)17-9-13(19)11-20-10-12-7-5-4-6-8-12/h4-8,13,19H,9-11H2,1-3H3,(H3,16,17,18). The first-order chi connectivity index (χ1) is 9.37. The van der Waals surface area contributed by atoms with E-state index in [0.717, 1.165) is 5.56 Å². The first-order valence-electron chi connectivity index (χ1n) is 6.74. The smallest absolute Gasteiger partial charge is 0.189 e. The zero-order valence-corrected chi connectivity index (χ0v) is 12.5. The van der Waals surface area contributed by atoms with Gasteiger partial charge in [-0.25, -0.2) is 0 Å². The molecule has 0 amide bonds. The van der Waals surface area contributed by atoms with E-state index >= 15 is 0 Å². The van der Waals surface area contributed by atoms with Gasteiger partial charge < -0.3 is 20.9 Å². The number of guanidine groups is 1. The van der Waals surface area contributed by atoms with Crippen LogP contribution in [-0.2, 0) is 11.3 Å². The number of hydrogen-bond acceptors (Lipinski definition) is 3. The van der Waals surface area contributed by atoms with Gasteiger partial charge >= 0.3 is 0 Å². The normalized spacial score (nSPS) is 14.1. The first kappa shape index (κ1) is 16.5. The molecule has 4 N–H and O–H groups in total. The number of aliphatic imine (C=N–C) groups is 1. The Hall–Kier alpha value is -1.59. The van der Waals surface area contributed by atoms with Gasteiger partial charge in [0.1, 0.15) is 0 Å². The maximum absolute atomic E-state index is 9.76. The molecule has 0 fully saturated rings. The Morgan fingerprint density at radius 2 is 2.00 bits per heavy atom. The summed E-state index contributed by atoms with van der Waals surface area (Å²) in [7, 11) is 0. The Bertz CT molecular complexity index is 413. The van der Waals surface area contributed by atoms with Crippen LogP contribution >= 0.6 is 0 Å². The second kappa shape index (κ2) is 7.87. The summed E-state index contributed by atoms with van der Waals surface area (Å²) in [5.74, 6) is 0.333. The molecule has 5 heteroatoms. The summed E-state index contributed by atoms with van der Waals surface area (Å²) in [6.45, 7) is 6.93. The molecule has 0 spiro atoms. The van der Waals surface area contributed by atoms with E-state index in [4.69, 9.17) is 10.5 Å². The van der Waals surface area contributed by atoms with E-state index in [1.54, 1.807) is 0 Å². The number of hydrogen-bond donors (Lipinski definition) is 3. The SMILES string of the molecule is CC(C)(C)NC(N)=NCC(O)COCc1ccccc1. The third-order valence-electron chi connectivity index (χ3n) is 2.40. The maximum atomic E-state index is 9.76. The molecule has 0 saturated heterocycles. The first-order valence-corrected chi connectivity index (χ1v) is 6.74. The van der Waals surface area contributed by atoms with E-state index in [2.05, 4.69) is 10.3 Å². The van der Waals surface area contributed by atoms with Crippen LogP contribution in [0.25, 0.3) is 0 Å². The molecule has 1 aromatic rings. The van der Waals surface area contributed by atoms with Crippen LogP contribution in [0, 0.1) is 0 Å². The molecular formula is C15H25N3O2. The van der Waals surface area contributed by atoms with Gasteiger partial charge in [-0.15, -0.1) is 0 Å². The van der Waals surface area contributed by atoms with Gasteiger partial charge in [-0.05, 0) is 26.3 Å². The van der Waals surface area contributed by atoms with Crippen molar-refractivity contribution in [2.45, 2.75) is 39.0 Å². The largest absolute Gasteiger partial charge is 0.389 e. The quantitative estimate of drug-likeness (QED) is 0.541. The number of ether oxygens (including phenoxy) is 1. The Kier molecular flexibility index (Phi) is 6.48. The van der Waals surface area contributed by atoms with Gasteiger partial charge in [-0.2, -0.15) is 0 Å². The number of benzene rings is 1. The van der Waals surface area contributed by atoms with Crippen LogP contribution in [0.5, 0.6) is 0 Å². The average molecular weight is 279 g/mol. The summed E-state index contributed by atoms with van der Waals surface area (Å²) >= 11 is 0. The number of aliphatic hydroxyl groups excluding tert-OH is 1. The van der Waals surface area contributed by atoms with E-state index in [1.807, 2.05) is 51.1 Å². The van der Waals surface area contributed by atoms with E-state index in [0.29, 0.717) is 12.6 Å². The van der Waals surface area contributed by atoms with E-state index < -0.39 is 6.10 Å². The average Bonchev–Trinajstić information content (AvgIpc) is 2.36. The molecular weight excluding hydrogens is 254 g/mol. The van der Waals surface area contributed by atoms with Gasteiger partial charge in [-0.1, -0.05) is 30.3 Å². The highest BCUT2D eigenvalue weighted by Crippen LogP contribution is 2.01. The highest BCUT2D eigenvalue weighted by molar-refractivity contribution is 5.78. The van der Waals surface area contributed by atoms with Gasteiger partial charge in [0, 0.05) is 5.54 Å². The van der Waals surface area contributed by atoms with Crippen LogP contribution in [-0.4, -0.2) is 35.9 Å². The van der Waals surface area contributed by atoms with Crippen molar-refractivity contribution in [2.24, 2.45) is 10.7 Å². The second-order valence-corrected chi connectivity index (χ2v) is 5.76. The molecule has 20 heavy (non-hydrogen) atoms. The lowest BCUT2D eigenvalue weighted by atomic mass is 10.1. The number of rotatable bonds is 6. The van der Waals surface area contributed by atoms with Crippen molar-refractivity contribution >= 4 is 5.96 Å². The molecule has 0 aliphatic rings. The zero-order chi connectivity index (χ0) is 15.0. The summed E-state index contributed by atoms with van der Waals surface area (Å²) in [6, 6.07) is 9.83. The van der Waals surface area contributed by atoms with Crippen molar-refractivity contribution < 1.29 is 9.84 Å². The lowest BCUT2D eigenvalue weighted by Crippen LogP contribution is -2.45. The van der Waals surface area contributed by atoms with Crippen molar-refractivity contribution in [3.63, 3.8) is 0 Å². The topological polar surface area (TPSA) is 79.9 Å². The lowest BCUT2D eigenvalue weighted by Gasteiger charge is -2.21. The van der Waals surface area contributed by atoms with Gasteiger partial charge in [-0.3, -0.25) is 4.99 Å². The fourth-order valence-corrected chi connectivity index (χ4v) is 1.57. The molecule has 0 aliphatic heterocycles. The summed E-state index contributed by atoms with van der Waals surface area (Å²) in [4.78, 5) is 4.09. The van der Waals surface area contributed by atoms with Crippen LogP contribution in [0.1, 0.15) is 26.3 Å². The van der Waals surface area contributed by atoms with Crippen LogP contribution in [0.4, 0.5) is 0 Å². The minimum absolute atomic E-state index is 0.137. The van der Waals surface area contributed by atoms with Crippen LogP contribution < -0.4 is 11.1 Å². The highest BCUT2D eigenvalue weighted by atomic mass is 16.5. The Balaban J connectivity index is 2.23. The molecule has 1 atom stereocenters. The third kappa shape index (κ3) is 7.76. The molecule has 0 aliphatic carbocycles. The van der Waals surface area contributed by atoms with Crippen LogP contribution in [0.3, 0.4) is 0 Å². The monoisotopic (exact) mass is 279 g/mol. The van der Waals surface area contributed by atoms with Gasteiger partial charge in [0.25, 0.3) is 0 Å². The Labute approximate surface area is 120 Å². The summed E-state index contributed by atoms with van der Waals surface area (Å²) in [6.07, 6.45) is -0.654. The van der Waals surface area contributed by atoms with Crippen LogP contribution in [0.2, 0.25) is 0 Å². The highest BCUT2D eigenvalue weighted by Gasteiger charge is 2.10. The molecule has 0 radical (unpaired) electrons. The molecule has 0 bridgehead atoms. The van der Waals surface area contributed by atoms with Crippen molar-refractivity contribution in [3.8, 4) is 0 Å². The Morgan fingerprint density at radius 1 is 1.35 bits per heavy atom. The predicted molar refractivity (Wildman–Crippen MR) is 81.5 cm³/mol. The molecule has 0 saturated carbocycles. The lowest BCUT2D eigenvalue weighted by molar-refractivity contribution is 0.0331. The zero-order valence-electron chi connectivity index (χ0n) is 12.5. The molecule has 112 valence electrons. The minimum Gasteiger partial charge on any atom is -0.389 e. The molecule has 5 nitrogen and oxygen atoms in total. The van der Waals surface area contributed by atoms with Crippen LogP contribution in [0.15, 0.2) is 35.3 Å². The Morgan fingerprint density at radius 3 is 2.60 bits per heavy atom. The molecule has 1 unspecified atom stereocenters. The van der Waals surface area contributed by atoms with Gasteiger partial charge in [0.05, 0.1) is 25.9 Å². The second-order valence-electron chi connectivity index (χ2n) is 5.76. The van der Waals surface area contributed by atoms with Gasteiger partial charge in [0.2, 0.25) is 0 Å². The summed E-state index contributed by atoms with van der Waals surface area (Å²) in [5.41, 5.74) is 6.66. The third-order valence-corrected chi connectivity index (χ3v) is 2.40. The van der Waals surface area contributed by atoms with Crippen molar-refractivity contribution in [1.82, 2.24) is 5.32 Å². The summed E-state index contributed by atoms with van der Waals surface area (Å²) in [5, 5.41) is 12.8. The van der Waals surface area contributed by atoms with E-state index in [9.17, 15) is 5.11 Å². The number of nitrogens with one attached hydrogen (secondary N) is 1. The van der Waals surface area contributed by atoms with E-state index in [1.165, 1.54) is 0 Å².